The van der Waals surface area contributed by atoms with Crippen LogP contribution in [0.4, 0.5) is 0 Å². The van der Waals surface area contributed by atoms with Crippen molar-refractivity contribution < 1.29 is 14.3 Å². The molecule has 1 aromatic rings. The highest BCUT2D eigenvalue weighted by Crippen LogP contribution is 2.47. The lowest BCUT2D eigenvalue weighted by molar-refractivity contribution is -0.145. The molecule has 100 valence electrons. The van der Waals surface area contributed by atoms with Crippen LogP contribution in [0.5, 0.6) is 5.75 Å². The normalized spacial score (nSPS) is 32.1. The number of Topliss-reactive ketones (excluding diaryl/α,β-unsaturated/α-hetero) is 1. The molecule has 2 bridgehead atoms. The van der Waals surface area contributed by atoms with Crippen LogP contribution in [0, 0.1) is 5.92 Å². The van der Waals surface area contributed by atoms with Crippen molar-refractivity contribution in [3.05, 3.63) is 28.8 Å². The molecule has 0 aliphatic carbocycles. The minimum atomic E-state index is -0.742. The molecule has 1 fully saturated rings. The van der Waals surface area contributed by atoms with Crippen LogP contribution in [0.1, 0.15) is 31.7 Å². The van der Waals surface area contributed by atoms with Gasteiger partial charge in [0.25, 0.3) is 0 Å². The number of ether oxygens (including phenoxy) is 1. The molecule has 4 nitrogen and oxygen atoms in total. The van der Waals surface area contributed by atoms with Gasteiger partial charge in [0.15, 0.2) is 5.72 Å². The van der Waals surface area contributed by atoms with Gasteiger partial charge in [0.1, 0.15) is 17.5 Å². The predicted octanol–water partition coefficient (Wildman–Crippen LogP) is 2.26. The van der Waals surface area contributed by atoms with E-state index in [0.717, 1.165) is 5.56 Å². The van der Waals surface area contributed by atoms with Crippen molar-refractivity contribution >= 4 is 23.3 Å². The van der Waals surface area contributed by atoms with E-state index in [4.69, 9.17) is 16.3 Å². The highest BCUT2D eigenvalue weighted by molar-refractivity contribution is 6.30. The van der Waals surface area contributed by atoms with Gasteiger partial charge in [-0.15, -0.1) is 0 Å². The fourth-order valence-electron chi connectivity index (χ4n) is 3.08. The van der Waals surface area contributed by atoms with Gasteiger partial charge in [-0.25, -0.2) is 0 Å². The Morgan fingerprint density at radius 3 is 2.95 bits per heavy atom. The maximum atomic E-state index is 12.1. The Balaban J connectivity index is 2.15. The molecule has 19 heavy (non-hydrogen) atoms. The predicted molar refractivity (Wildman–Crippen MR) is 70.2 cm³/mol. The quantitative estimate of drug-likeness (QED) is 0.802. The van der Waals surface area contributed by atoms with Gasteiger partial charge in [0.2, 0.25) is 5.91 Å². The van der Waals surface area contributed by atoms with Gasteiger partial charge in [-0.3, -0.25) is 9.59 Å². The van der Waals surface area contributed by atoms with Crippen molar-refractivity contribution in [2.45, 2.75) is 31.9 Å². The molecule has 2 aliphatic rings. The summed E-state index contributed by atoms with van der Waals surface area (Å²) < 4.78 is 5.84. The Hall–Kier alpha value is -1.55. The summed E-state index contributed by atoms with van der Waals surface area (Å²) in [5.74, 6) is -0.531. The number of nitrogens with one attached hydrogen (secondary N) is 1. The molecule has 5 heteroatoms. The standard InChI is InChI=1S/C14H14ClNO3/c1-7(17)12-10-6-14(2,16-13(12)18)19-11-4-3-8(15)5-9(10)11/h3-5,10,12H,6H2,1-2H3,(H,16,18)/t10-,12?,14-/m1/s1. The van der Waals surface area contributed by atoms with E-state index in [1.165, 1.54) is 6.92 Å². The van der Waals surface area contributed by atoms with Crippen molar-refractivity contribution in [1.82, 2.24) is 5.32 Å². The minimum absolute atomic E-state index is 0.127. The van der Waals surface area contributed by atoms with E-state index < -0.39 is 11.6 Å². The summed E-state index contributed by atoms with van der Waals surface area (Å²) in [4.78, 5) is 23.9. The van der Waals surface area contributed by atoms with Crippen LogP contribution in [0.3, 0.4) is 0 Å². The maximum absolute atomic E-state index is 12.1. The number of fused-ring (bicyclic) bond motifs is 4. The molecule has 1 unspecified atom stereocenters. The van der Waals surface area contributed by atoms with Crippen LogP contribution in [0.2, 0.25) is 5.02 Å². The SMILES string of the molecule is CC(=O)C1C(=O)N[C@@]2(C)C[C@@H]1c1cc(Cl)ccc1O2. The minimum Gasteiger partial charge on any atom is -0.468 e. The smallest absolute Gasteiger partial charge is 0.234 e. The van der Waals surface area contributed by atoms with Crippen molar-refractivity contribution in [1.29, 1.82) is 0 Å². The zero-order valence-electron chi connectivity index (χ0n) is 10.7. The van der Waals surface area contributed by atoms with E-state index in [2.05, 4.69) is 5.32 Å². The van der Waals surface area contributed by atoms with Gasteiger partial charge in [0.05, 0.1) is 0 Å². The van der Waals surface area contributed by atoms with Crippen LogP contribution in [-0.4, -0.2) is 17.4 Å². The molecule has 0 saturated carbocycles. The fourth-order valence-corrected chi connectivity index (χ4v) is 3.26. The number of ketones is 1. The number of carbonyl (C=O) groups excluding carboxylic acids is 2. The molecule has 0 aromatic heterocycles. The number of rotatable bonds is 1. The van der Waals surface area contributed by atoms with Crippen molar-refractivity contribution in [3.63, 3.8) is 0 Å². The Morgan fingerprint density at radius 2 is 2.26 bits per heavy atom. The summed E-state index contributed by atoms with van der Waals surface area (Å²) >= 11 is 6.01. The van der Waals surface area contributed by atoms with E-state index >= 15 is 0 Å². The van der Waals surface area contributed by atoms with Crippen molar-refractivity contribution in [3.8, 4) is 5.75 Å². The summed E-state index contributed by atoms with van der Waals surface area (Å²) in [5, 5.41) is 3.38. The second-order valence-electron chi connectivity index (χ2n) is 5.40. The third-order valence-corrected chi connectivity index (χ3v) is 4.06. The third kappa shape index (κ3) is 1.91. The lowest BCUT2D eigenvalue weighted by Gasteiger charge is -2.46. The number of halogens is 1. The summed E-state index contributed by atoms with van der Waals surface area (Å²) in [6.07, 6.45) is 0.580. The van der Waals surface area contributed by atoms with Crippen LogP contribution < -0.4 is 10.1 Å². The van der Waals surface area contributed by atoms with Gasteiger partial charge >= 0.3 is 0 Å². The van der Waals surface area contributed by atoms with Gasteiger partial charge in [-0.2, -0.15) is 0 Å². The molecule has 1 aromatic carbocycles. The molecule has 2 aliphatic heterocycles. The van der Waals surface area contributed by atoms with Gasteiger partial charge in [-0.1, -0.05) is 11.6 Å². The number of amides is 1. The number of hydrogen-bond acceptors (Lipinski definition) is 3. The third-order valence-electron chi connectivity index (χ3n) is 3.83. The van der Waals surface area contributed by atoms with Crippen molar-refractivity contribution in [2.75, 3.05) is 0 Å². The molecular weight excluding hydrogens is 266 g/mol. The first-order chi connectivity index (χ1) is 8.89. The summed E-state index contributed by atoms with van der Waals surface area (Å²) in [7, 11) is 0. The maximum Gasteiger partial charge on any atom is 0.234 e. The molecule has 0 spiro atoms. The topological polar surface area (TPSA) is 55.4 Å². The van der Waals surface area contributed by atoms with Gasteiger partial charge < -0.3 is 10.1 Å². The average Bonchev–Trinajstić information content (AvgIpc) is 2.28. The Labute approximate surface area is 116 Å². The number of piperidine rings is 1. The molecule has 3 rings (SSSR count). The average molecular weight is 280 g/mol. The molecule has 0 radical (unpaired) electrons. The first-order valence-electron chi connectivity index (χ1n) is 6.20. The summed E-state index contributed by atoms with van der Waals surface area (Å²) in [5.41, 5.74) is 0.106. The van der Waals surface area contributed by atoms with E-state index in [1.807, 2.05) is 6.92 Å². The van der Waals surface area contributed by atoms with Crippen LogP contribution in [0.15, 0.2) is 18.2 Å². The number of hydrogen-bond donors (Lipinski definition) is 1. The zero-order valence-corrected chi connectivity index (χ0v) is 11.5. The van der Waals surface area contributed by atoms with E-state index in [1.54, 1.807) is 18.2 Å². The molecule has 1 saturated heterocycles. The van der Waals surface area contributed by atoms with Gasteiger partial charge in [0, 0.05) is 22.9 Å². The Bertz CT molecular complexity index is 586. The molecule has 2 heterocycles. The van der Waals surface area contributed by atoms with Crippen LogP contribution in [0.25, 0.3) is 0 Å². The molecule has 3 atom stereocenters. The molecule has 1 amide bonds. The number of benzene rings is 1. The first-order valence-corrected chi connectivity index (χ1v) is 6.58. The fraction of sp³-hybridized carbons (Fsp3) is 0.429. The first kappa shape index (κ1) is 12.5. The zero-order chi connectivity index (χ0) is 13.8. The highest BCUT2D eigenvalue weighted by atomic mass is 35.5. The van der Waals surface area contributed by atoms with Crippen LogP contribution in [-0.2, 0) is 9.59 Å². The second-order valence-corrected chi connectivity index (χ2v) is 5.84. The molecular formula is C14H14ClNO3. The highest BCUT2D eigenvalue weighted by Gasteiger charge is 2.50. The second kappa shape index (κ2) is 3.97. The lowest BCUT2D eigenvalue weighted by atomic mass is 9.73. The summed E-state index contributed by atoms with van der Waals surface area (Å²) in [6.45, 7) is 3.28. The molecule has 1 N–H and O–H groups in total. The van der Waals surface area contributed by atoms with Crippen molar-refractivity contribution in [2.24, 2.45) is 5.92 Å². The van der Waals surface area contributed by atoms with E-state index in [0.29, 0.717) is 17.2 Å². The number of carbonyl (C=O) groups is 2. The monoisotopic (exact) mass is 279 g/mol. The van der Waals surface area contributed by atoms with E-state index in [-0.39, 0.29) is 17.6 Å². The Morgan fingerprint density at radius 1 is 1.53 bits per heavy atom. The summed E-state index contributed by atoms with van der Waals surface area (Å²) in [6, 6.07) is 5.32. The Kier molecular flexibility index (Phi) is 2.61. The van der Waals surface area contributed by atoms with Gasteiger partial charge in [-0.05, 0) is 32.0 Å². The largest absolute Gasteiger partial charge is 0.468 e. The van der Waals surface area contributed by atoms with E-state index in [9.17, 15) is 9.59 Å². The lowest BCUT2D eigenvalue weighted by Crippen LogP contribution is -2.61. The van der Waals surface area contributed by atoms with Crippen LogP contribution >= 0.6 is 11.6 Å².